The molecule has 132 valence electrons. The van der Waals surface area contributed by atoms with Crippen LogP contribution in [0.15, 0.2) is 43.5 Å². The molecular weight excluding hydrogens is 404 g/mol. The average Bonchev–Trinajstić information content (AvgIpc) is 2.92. The summed E-state index contributed by atoms with van der Waals surface area (Å²) in [5.41, 5.74) is 1.06. The van der Waals surface area contributed by atoms with Gasteiger partial charge in [0.15, 0.2) is 16.3 Å². The Morgan fingerprint density at radius 1 is 1.32 bits per heavy atom. The van der Waals surface area contributed by atoms with Gasteiger partial charge in [0.05, 0.1) is 6.54 Å². The molecule has 25 heavy (non-hydrogen) atoms. The molecule has 3 rings (SSSR count). The van der Waals surface area contributed by atoms with Gasteiger partial charge in [-0.05, 0) is 24.1 Å². The molecule has 2 aromatic heterocycles. The van der Waals surface area contributed by atoms with Crippen LogP contribution in [0.1, 0.15) is 25.3 Å². The number of aromatic amines is 1. The first-order valence-electron chi connectivity index (χ1n) is 8.08. The number of nitrogens with zero attached hydrogens (tertiary/aromatic N) is 3. The molecule has 0 aliphatic carbocycles. The quantitative estimate of drug-likeness (QED) is 0.489. The molecule has 0 radical (unpaired) electrons. The summed E-state index contributed by atoms with van der Waals surface area (Å²) >= 11 is 5.09. The molecule has 0 spiro atoms. The predicted octanol–water partition coefficient (Wildman–Crippen LogP) is 3.13. The topological polar surface area (TPSA) is 72.7 Å². The SMILES string of the molecule is CCCCSc1nc2c(c(=O)[nH]c(=O)n2C)n1Cc1cccc(Br)c1. The van der Waals surface area contributed by atoms with Crippen molar-refractivity contribution in [2.24, 2.45) is 7.05 Å². The summed E-state index contributed by atoms with van der Waals surface area (Å²) in [4.78, 5) is 31.3. The number of hydrogen-bond acceptors (Lipinski definition) is 4. The Morgan fingerprint density at radius 3 is 2.84 bits per heavy atom. The molecular formula is C17H19BrN4O2S. The van der Waals surface area contributed by atoms with E-state index in [9.17, 15) is 9.59 Å². The lowest BCUT2D eigenvalue weighted by Gasteiger charge is -2.09. The third-order valence-electron chi connectivity index (χ3n) is 3.93. The minimum absolute atomic E-state index is 0.400. The molecule has 0 saturated heterocycles. The van der Waals surface area contributed by atoms with Crippen LogP contribution in [0.3, 0.4) is 0 Å². The summed E-state index contributed by atoms with van der Waals surface area (Å²) in [6.45, 7) is 2.66. The number of thioether (sulfide) groups is 1. The van der Waals surface area contributed by atoms with Gasteiger partial charge in [0, 0.05) is 17.3 Å². The van der Waals surface area contributed by atoms with E-state index in [1.165, 1.54) is 4.57 Å². The number of aryl methyl sites for hydroxylation is 1. The Bertz CT molecular complexity index is 1020. The standard InChI is InChI=1S/C17H19BrN4O2S/c1-3-4-8-25-17-19-14-13(15(23)20-16(24)21(14)2)22(17)10-11-6-5-7-12(18)9-11/h5-7,9H,3-4,8,10H2,1-2H3,(H,20,23,24). The van der Waals surface area contributed by atoms with Crippen LogP contribution in [0.4, 0.5) is 0 Å². The zero-order valence-electron chi connectivity index (χ0n) is 14.1. The third kappa shape index (κ3) is 3.74. The fourth-order valence-corrected chi connectivity index (χ4v) is 4.12. The smallest absolute Gasteiger partial charge is 0.309 e. The third-order valence-corrected chi connectivity index (χ3v) is 5.49. The van der Waals surface area contributed by atoms with E-state index in [0.717, 1.165) is 33.8 Å². The Balaban J connectivity index is 2.15. The van der Waals surface area contributed by atoms with Gasteiger partial charge in [0.2, 0.25) is 0 Å². The summed E-state index contributed by atoms with van der Waals surface area (Å²) in [5.74, 6) is 0.921. The van der Waals surface area contributed by atoms with Gasteiger partial charge in [-0.1, -0.05) is 53.2 Å². The largest absolute Gasteiger partial charge is 0.329 e. The maximum atomic E-state index is 12.4. The molecule has 0 bridgehead atoms. The number of benzene rings is 1. The number of H-pyrrole nitrogens is 1. The van der Waals surface area contributed by atoms with E-state index >= 15 is 0 Å². The lowest BCUT2D eigenvalue weighted by molar-refractivity contribution is 0.726. The van der Waals surface area contributed by atoms with Gasteiger partial charge in [-0.3, -0.25) is 14.3 Å². The summed E-state index contributed by atoms with van der Waals surface area (Å²) in [5, 5.41) is 0.759. The molecule has 2 heterocycles. The Hall–Kier alpha value is -1.80. The predicted molar refractivity (Wildman–Crippen MR) is 104 cm³/mol. The van der Waals surface area contributed by atoms with Crippen molar-refractivity contribution in [1.29, 1.82) is 0 Å². The number of imidazole rings is 1. The van der Waals surface area contributed by atoms with Crippen molar-refractivity contribution in [3.63, 3.8) is 0 Å². The number of unbranched alkanes of at least 4 members (excludes halogenated alkanes) is 1. The Kier molecular flexibility index (Phi) is 5.48. The maximum Gasteiger partial charge on any atom is 0.329 e. The van der Waals surface area contributed by atoms with Crippen LogP contribution >= 0.6 is 27.7 Å². The second-order valence-electron chi connectivity index (χ2n) is 5.80. The van der Waals surface area contributed by atoms with Crippen LogP contribution in [-0.4, -0.2) is 24.9 Å². The van der Waals surface area contributed by atoms with E-state index in [1.54, 1.807) is 18.8 Å². The van der Waals surface area contributed by atoms with Crippen molar-refractivity contribution in [2.75, 3.05) is 5.75 Å². The van der Waals surface area contributed by atoms with Crippen molar-refractivity contribution in [1.82, 2.24) is 19.1 Å². The molecule has 0 aliphatic rings. The fraction of sp³-hybridized carbons (Fsp3) is 0.353. The van der Waals surface area contributed by atoms with Gasteiger partial charge >= 0.3 is 5.69 Å². The minimum atomic E-state index is -0.449. The number of rotatable bonds is 6. The summed E-state index contributed by atoms with van der Waals surface area (Å²) in [6.07, 6.45) is 2.16. The highest BCUT2D eigenvalue weighted by molar-refractivity contribution is 9.10. The first kappa shape index (κ1) is 18.0. The van der Waals surface area contributed by atoms with E-state index < -0.39 is 11.2 Å². The number of nitrogens with one attached hydrogen (secondary N) is 1. The van der Waals surface area contributed by atoms with Crippen molar-refractivity contribution in [3.05, 3.63) is 55.1 Å². The highest BCUT2D eigenvalue weighted by Gasteiger charge is 2.17. The molecule has 0 fully saturated rings. The molecule has 0 aliphatic heterocycles. The summed E-state index contributed by atoms with van der Waals surface area (Å²) < 4.78 is 4.27. The van der Waals surface area contributed by atoms with Crippen LogP contribution in [0.5, 0.6) is 0 Å². The fourth-order valence-electron chi connectivity index (χ4n) is 2.60. The number of aromatic nitrogens is 4. The minimum Gasteiger partial charge on any atom is -0.309 e. The highest BCUT2D eigenvalue weighted by Crippen LogP contribution is 2.24. The Morgan fingerprint density at radius 2 is 2.12 bits per heavy atom. The number of halogens is 1. The van der Waals surface area contributed by atoms with Crippen molar-refractivity contribution >= 4 is 38.9 Å². The van der Waals surface area contributed by atoms with Crippen LogP contribution in [0.2, 0.25) is 0 Å². The van der Waals surface area contributed by atoms with E-state index in [-0.39, 0.29) is 0 Å². The molecule has 1 aromatic carbocycles. The monoisotopic (exact) mass is 422 g/mol. The van der Waals surface area contributed by atoms with Gasteiger partial charge in [0.25, 0.3) is 5.56 Å². The van der Waals surface area contributed by atoms with Gasteiger partial charge in [0.1, 0.15) is 0 Å². The Labute approximate surface area is 157 Å². The van der Waals surface area contributed by atoms with Crippen molar-refractivity contribution in [3.8, 4) is 0 Å². The van der Waals surface area contributed by atoms with Gasteiger partial charge in [-0.15, -0.1) is 0 Å². The van der Waals surface area contributed by atoms with Crippen LogP contribution in [0, 0.1) is 0 Å². The average molecular weight is 423 g/mol. The molecule has 3 aromatic rings. The summed E-state index contributed by atoms with van der Waals surface area (Å²) in [7, 11) is 1.62. The lowest BCUT2D eigenvalue weighted by Crippen LogP contribution is -2.29. The van der Waals surface area contributed by atoms with Crippen molar-refractivity contribution < 1.29 is 0 Å². The maximum absolute atomic E-state index is 12.4. The molecule has 0 unspecified atom stereocenters. The molecule has 6 nitrogen and oxygen atoms in total. The van der Waals surface area contributed by atoms with Crippen molar-refractivity contribution in [2.45, 2.75) is 31.5 Å². The van der Waals surface area contributed by atoms with Crippen LogP contribution < -0.4 is 11.2 Å². The second kappa shape index (κ2) is 7.61. The van der Waals surface area contributed by atoms with E-state index in [0.29, 0.717) is 17.7 Å². The molecule has 8 heteroatoms. The molecule has 0 saturated carbocycles. The highest BCUT2D eigenvalue weighted by atomic mass is 79.9. The first-order valence-corrected chi connectivity index (χ1v) is 9.86. The van der Waals surface area contributed by atoms with Gasteiger partial charge in [-0.2, -0.15) is 0 Å². The van der Waals surface area contributed by atoms with E-state index in [4.69, 9.17) is 0 Å². The van der Waals surface area contributed by atoms with Crippen LogP contribution in [0.25, 0.3) is 11.2 Å². The second-order valence-corrected chi connectivity index (χ2v) is 7.78. The van der Waals surface area contributed by atoms with Crippen LogP contribution in [-0.2, 0) is 13.6 Å². The molecule has 0 amide bonds. The zero-order chi connectivity index (χ0) is 18.0. The van der Waals surface area contributed by atoms with Gasteiger partial charge in [-0.25, -0.2) is 9.78 Å². The molecule has 1 N–H and O–H groups in total. The lowest BCUT2D eigenvalue weighted by atomic mass is 10.2. The van der Waals surface area contributed by atoms with Gasteiger partial charge < -0.3 is 4.57 Å². The first-order chi connectivity index (χ1) is 12.0. The number of fused-ring (bicyclic) bond motifs is 1. The summed E-state index contributed by atoms with van der Waals surface area (Å²) in [6, 6.07) is 7.95. The van der Waals surface area contributed by atoms with E-state index in [2.05, 4.69) is 32.8 Å². The normalized spacial score (nSPS) is 11.3. The zero-order valence-corrected chi connectivity index (χ0v) is 16.5. The van der Waals surface area contributed by atoms with E-state index in [1.807, 2.05) is 28.8 Å². The number of hydrogen-bond donors (Lipinski definition) is 1. The molecule has 0 atom stereocenters.